The first kappa shape index (κ1) is 18.4. The minimum Gasteiger partial charge on any atom is -0.492 e. The summed E-state index contributed by atoms with van der Waals surface area (Å²) < 4.78 is 23.4. The van der Waals surface area contributed by atoms with Crippen LogP contribution in [0.1, 0.15) is 29.8 Å². The molecule has 6 heteroatoms. The Morgan fingerprint density at radius 1 is 1.04 bits per heavy atom. The molecule has 5 nitrogen and oxygen atoms in total. The van der Waals surface area contributed by atoms with E-state index in [2.05, 4.69) is 5.32 Å². The first-order chi connectivity index (χ1) is 12.0. The van der Waals surface area contributed by atoms with Crippen molar-refractivity contribution < 1.29 is 23.5 Å². The molecule has 2 aromatic carbocycles. The molecule has 0 aliphatic heterocycles. The molecule has 0 heterocycles. The summed E-state index contributed by atoms with van der Waals surface area (Å²) in [4.78, 5) is 24.0. The fraction of sp³-hybridized carbons (Fsp3) is 0.263. The molecule has 132 valence electrons. The van der Waals surface area contributed by atoms with Gasteiger partial charge < -0.3 is 14.8 Å². The number of hydrogen-bond acceptors (Lipinski definition) is 4. The Balaban J connectivity index is 2.12. The van der Waals surface area contributed by atoms with Crippen LogP contribution >= 0.6 is 0 Å². The second-order valence-electron chi connectivity index (χ2n) is 5.22. The molecule has 0 aromatic heterocycles. The van der Waals surface area contributed by atoms with Gasteiger partial charge in [0, 0.05) is 0 Å². The fourth-order valence-electron chi connectivity index (χ4n) is 2.22. The van der Waals surface area contributed by atoms with Crippen LogP contribution in [0.3, 0.4) is 0 Å². The lowest BCUT2D eigenvalue weighted by molar-refractivity contribution is -0.115. The Morgan fingerprint density at radius 2 is 1.76 bits per heavy atom. The Labute approximate surface area is 145 Å². The largest absolute Gasteiger partial charge is 0.492 e. The average molecular weight is 345 g/mol. The van der Waals surface area contributed by atoms with E-state index in [0.29, 0.717) is 29.2 Å². The number of rotatable bonds is 7. The van der Waals surface area contributed by atoms with Crippen molar-refractivity contribution in [3.8, 4) is 5.75 Å². The molecule has 0 spiro atoms. The number of halogens is 1. The van der Waals surface area contributed by atoms with Gasteiger partial charge in [0.05, 0.1) is 30.9 Å². The van der Waals surface area contributed by atoms with E-state index in [1.807, 2.05) is 0 Å². The molecule has 25 heavy (non-hydrogen) atoms. The number of esters is 1. The molecule has 0 saturated carbocycles. The lowest BCUT2D eigenvalue weighted by Gasteiger charge is -2.13. The van der Waals surface area contributed by atoms with Crippen LogP contribution in [0.4, 0.5) is 10.1 Å². The van der Waals surface area contributed by atoms with Gasteiger partial charge >= 0.3 is 5.97 Å². The predicted octanol–water partition coefficient (Wildman–Crippen LogP) is 3.58. The van der Waals surface area contributed by atoms with Gasteiger partial charge in [0.2, 0.25) is 5.91 Å². The smallest absolute Gasteiger partial charge is 0.338 e. The Morgan fingerprint density at radius 3 is 2.40 bits per heavy atom. The van der Waals surface area contributed by atoms with Crippen molar-refractivity contribution in [2.45, 2.75) is 20.3 Å². The molecule has 0 unspecified atom stereocenters. The molecule has 0 radical (unpaired) electrons. The van der Waals surface area contributed by atoms with Crippen molar-refractivity contribution in [1.82, 2.24) is 0 Å². The van der Waals surface area contributed by atoms with Crippen LogP contribution in [-0.2, 0) is 16.0 Å². The van der Waals surface area contributed by atoms with Gasteiger partial charge in [-0.3, -0.25) is 4.79 Å². The van der Waals surface area contributed by atoms with Gasteiger partial charge in [0.15, 0.2) is 0 Å². The van der Waals surface area contributed by atoms with E-state index in [9.17, 15) is 14.0 Å². The van der Waals surface area contributed by atoms with Crippen molar-refractivity contribution >= 4 is 17.6 Å². The van der Waals surface area contributed by atoms with Crippen LogP contribution in [0.15, 0.2) is 42.5 Å². The standard InChI is InChI=1S/C19H20FNO4/c1-3-24-17-12-14(19(23)25-4-2)7-10-16(17)21-18(22)11-13-5-8-15(20)9-6-13/h5-10,12H,3-4,11H2,1-2H3,(H,21,22). The molecule has 0 aliphatic carbocycles. The van der Waals surface area contributed by atoms with Crippen LogP contribution in [0.25, 0.3) is 0 Å². The normalized spacial score (nSPS) is 10.2. The molecule has 2 rings (SSSR count). The van der Waals surface area contributed by atoms with Crippen molar-refractivity contribution in [2.75, 3.05) is 18.5 Å². The lowest BCUT2D eigenvalue weighted by atomic mass is 10.1. The van der Waals surface area contributed by atoms with Crippen LogP contribution in [0, 0.1) is 5.82 Å². The van der Waals surface area contributed by atoms with Gasteiger partial charge in [-0.05, 0) is 49.7 Å². The van der Waals surface area contributed by atoms with E-state index in [0.717, 1.165) is 0 Å². The Bertz CT molecular complexity index is 744. The van der Waals surface area contributed by atoms with E-state index in [1.165, 1.54) is 18.2 Å². The minimum atomic E-state index is -0.451. The fourth-order valence-corrected chi connectivity index (χ4v) is 2.22. The van der Waals surface area contributed by atoms with Crippen LogP contribution in [0.2, 0.25) is 0 Å². The van der Waals surface area contributed by atoms with Crippen molar-refractivity contribution in [3.05, 3.63) is 59.4 Å². The van der Waals surface area contributed by atoms with E-state index in [-0.39, 0.29) is 24.8 Å². The second-order valence-corrected chi connectivity index (χ2v) is 5.22. The summed E-state index contributed by atoms with van der Waals surface area (Å²) >= 11 is 0. The lowest BCUT2D eigenvalue weighted by Crippen LogP contribution is -2.16. The van der Waals surface area contributed by atoms with Gasteiger partial charge in [-0.15, -0.1) is 0 Å². The molecule has 0 aliphatic rings. The molecule has 0 bridgehead atoms. The number of carbonyl (C=O) groups excluding carboxylic acids is 2. The van der Waals surface area contributed by atoms with Gasteiger partial charge in [0.1, 0.15) is 11.6 Å². The molecule has 1 N–H and O–H groups in total. The van der Waals surface area contributed by atoms with Gasteiger partial charge in [0.25, 0.3) is 0 Å². The molecule has 2 aromatic rings. The first-order valence-corrected chi connectivity index (χ1v) is 8.01. The third kappa shape index (κ3) is 5.31. The second kappa shape index (κ2) is 8.82. The van der Waals surface area contributed by atoms with E-state index in [4.69, 9.17) is 9.47 Å². The minimum absolute atomic E-state index is 0.103. The maximum absolute atomic E-state index is 12.9. The van der Waals surface area contributed by atoms with Crippen molar-refractivity contribution in [2.24, 2.45) is 0 Å². The zero-order chi connectivity index (χ0) is 18.2. The number of anilines is 1. The highest BCUT2D eigenvalue weighted by molar-refractivity contribution is 5.96. The SMILES string of the molecule is CCOC(=O)c1ccc(NC(=O)Cc2ccc(F)cc2)c(OCC)c1. The summed E-state index contributed by atoms with van der Waals surface area (Å²) in [5.41, 5.74) is 1.50. The summed E-state index contributed by atoms with van der Waals surface area (Å²) in [5.74, 6) is -0.679. The number of ether oxygens (including phenoxy) is 2. The molecular weight excluding hydrogens is 325 g/mol. The van der Waals surface area contributed by atoms with Crippen molar-refractivity contribution in [1.29, 1.82) is 0 Å². The molecule has 0 atom stereocenters. The molecule has 1 amide bonds. The summed E-state index contributed by atoms with van der Waals surface area (Å²) in [6, 6.07) is 10.4. The molecule has 0 fully saturated rings. The number of benzene rings is 2. The van der Waals surface area contributed by atoms with Gasteiger partial charge in [-0.2, -0.15) is 0 Å². The highest BCUT2D eigenvalue weighted by atomic mass is 19.1. The maximum atomic E-state index is 12.9. The zero-order valence-electron chi connectivity index (χ0n) is 14.2. The third-order valence-electron chi connectivity index (χ3n) is 3.34. The van der Waals surface area contributed by atoms with Gasteiger partial charge in [-0.1, -0.05) is 12.1 Å². The summed E-state index contributed by atoms with van der Waals surface area (Å²) in [5, 5.41) is 2.75. The Kier molecular flexibility index (Phi) is 6.51. The average Bonchev–Trinajstić information content (AvgIpc) is 2.59. The number of amides is 1. The summed E-state index contributed by atoms with van der Waals surface area (Å²) in [6.45, 7) is 4.19. The summed E-state index contributed by atoms with van der Waals surface area (Å²) in [7, 11) is 0. The van der Waals surface area contributed by atoms with E-state index in [1.54, 1.807) is 38.1 Å². The predicted molar refractivity (Wildman–Crippen MR) is 92.3 cm³/mol. The van der Waals surface area contributed by atoms with Gasteiger partial charge in [-0.25, -0.2) is 9.18 Å². The zero-order valence-corrected chi connectivity index (χ0v) is 14.2. The Hall–Kier alpha value is -2.89. The number of carbonyl (C=O) groups is 2. The van der Waals surface area contributed by atoms with Crippen LogP contribution < -0.4 is 10.1 Å². The molecule has 0 saturated heterocycles. The van der Waals surface area contributed by atoms with E-state index >= 15 is 0 Å². The van der Waals surface area contributed by atoms with Crippen LogP contribution in [0.5, 0.6) is 5.75 Å². The van der Waals surface area contributed by atoms with Crippen molar-refractivity contribution in [3.63, 3.8) is 0 Å². The molecular formula is C19H20FNO4. The maximum Gasteiger partial charge on any atom is 0.338 e. The van der Waals surface area contributed by atoms with Crippen LogP contribution in [-0.4, -0.2) is 25.1 Å². The quantitative estimate of drug-likeness (QED) is 0.779. The highest BCUT2D eigenvalue weighted by Gasteiger charge is 2.13. The van der Waals surface area contributed by atoms with E-state index < -0.39 is 5.97 Å². The monoisotopic (exact) mass is 345 g/mol. The summed E-state index contributed by atoms with van der Waals surface area (Å²) in [6.07, 6.45) is 0.103. The number of nitrogens with one attached hydrogen (secondary N) is 1. The highest BCUT2D eigenvalue weighted by Crippen LogP contribution is 2.26. The number of hydrogen-bond donors (Lipinski definition) is 1. The third-order valence-corrected chi connectivity index (χ3v) is 3.34. The first-order valence-electron chi connectivity index (χ1n) is 8.01. The topological polar surface area (TPSA) is 64.6 Å².